The summed E-state index contributed by atoms with van der Waals surface area (Å²) in [7, 11) is 0. The number of benzene rings is 1. The number of nitrogens with one attached hydrogen (secondary N) is 1. The van der Waals surface area contributed by atoms with Gasteiger partial charge < -0.3 is 5.32 Å². The van der Waals surface area contributed by atoms with Gasteiger partial charge in [-0.3, -0.25) is 0 Å². The monoisotopic (exact) mass is 271 g/mol. The smallest absolute Gasteiger partial charge is 0.0595 e. The van der Waals surface area contributed by atoms with Crippen molar-refractivity contribution >= 4 is 23.2 Å². The summed E-state index contributed by atoms with van der Waals surface area (Å²) in [5.41, 5.74) is 1.40. The van der Waals surface area contributed by atoms with Crippen molar-refractivity contribution in [2.75, 3.05) is 6.54 Å². The van der Waals surface area contributed by atoms with Crippen LogP contribution in [-0.2, 0) is 5.54 Å². The van der Waals surface area contributed by atoms with Crippen molar-refractivity contribution in [3.8, 4) is 0 Å². The summed E-state index contributed by atoms with van der Waals surface area (Å²) in [5.74, 6) is 0. The van der Waals surface area contributed by atoms with Crippen LogP contribution in [0.4, 0.5) is 0 Å². The topological polar surface area (TPSA) is 12.0 Å². The average molecular weight is 272 g/mol. The highest BCUT2D eigenvalue weighted by Gasteiger charge is 2.32. The van der Waals surface area contributed by atoms with E-state index in [1.165, 1.54) is 37.7 Å². The first-order valence-corrected chi connectivity index (χ1v) is 7.14. The van der Waals surface area contributed by atoms with E-state index >= 15 is 0 Å². The summed E-state index contributed by atoms with van der Waals surface area (Å²) >= 11 is 12.1. The van der Waals surface area contributed by atoms with Crippen LogP contribution >= 0.6 is 23.2 Å². The largest absolute Gasteiger partial charge is 0.308 e. The molecule has 0 bridgehead atoms. The summed E-state index contributed by atoms with van der Waals surface area (Å²) in [6.45, 7) is 3.15. The van der Waals surface area contributed by atoms with Crippen molar-refractivity contribution < 1.29 is 0 Å². The molecule has 1 aromatic carbocycles. The van der Waals surface area contributed by atoms with Crippen molar-refractivity contribution in [1.29, 1.82) is 0 Å². The van der Waals surface area contributed by atoms with Gasteiger partial charge in [0.25, 0.3) is 0 Å². The fourth-order valence-electron chi connectivity index (χ4n) is 2.86. The Morgan fingerprint density at radius 1 is 1.12 bits per heavy atom. The molecule has 1 nitrogen and oxygen atoms in total. The quantitative estimate of drug-likeness (QED) is 0.836. The number of hydrogen-bond donors (Lipinski definition) is 1. The van der Waals surface area contributed by atoms with Crippen LogP contribution < -0.4 is 5.32 Å². The highest BCUT2D eigenvalue weighted by atomic mass is 35.5. The van der Waals surface area contributed by atoms with Gasteiger partial charge in [0.2, 0.25) is 0 Å². The molecule has 0 heterocycles. The van der Waals surface area contributed by atoms with E-state index in [1.807, 2.05) is 12.1 Å². The fourth-order valence-corrected chi connectivity index (χ4v) is 3.15. The third kappa shape index (κ3) is 2.78. The van der Waals surface area contributed by atoms with Crippen LogP contribution in [0.25, 0.3) is 0 Å². The molecule has 0 radical (unpaired) electrons. The minimum Gasteiger partial charge on any atom is -0.308 e. The minimum absolute atomic E-state index is 0.112. The van der Waals surface area contributed by atoms with E-state index in [0.29, 0.717) is 10.0 Å². The first-order chi connectivity index (χ1) is 8.18. The molecule has 1 N–H and O–H groups in total. The summed E-state index contributed by atoms with van der Waals surface area (Å²) in [5, 5.41) is 4.96. The molecule has 0 unspecified atom stereocenters. The van der Waals surface area contributed by atoms with E-state index in [9.17, 15) is 0 Å². The van der Waals surface area contributed by atoms with Gasteiger partial charge in [-0.15, -0.1) is 0 Å². The molecule has 0 spiro atoms. The van der Waals surface area contributed by atoms with Gasteiger partial charge in [-0.25, -0.2) is 0 Å². The number of hydrogen-bond acceptors (Lipinski definition) is 1. The van der Waals surface area contributed by atoms with Crippen molar-refractivity contribution in [2.45, 2.75) is 44.6 Å². The molecule has 3 heteroatoms. The molecule has 2 rings (SSSR count). The van der Waals surface area contributed by atoms with Crippen LogP contribution in [0.1, 0.15) is 44.6 Å². The number of halogens is 2. The molecular weight excluding hydrogens is 253 g/mol. The molecule has 94 valence electrons. The first kappa shape index (κ1) is 13.2. The third-order valence-electron chi connectivity index (χ3n) is 3.69. The van der Waals surface area contributed by atoms with Crippen LogP contribution in [0.15, 0.2) is 18.2 Å². The van der Waals surface area contributed by atoms with Crippen LogP contribution in [0, 0.1) is 0 Å². The molecule has 1 fully saturated rings. The van der Waals surface area contributed by atoms with Gasteiger partial charge in [-0.05, 0) is 37.1 Å². The SMILES string of the molecule is CCNC1(c2ccc(Cl)c(Cl)c2)CCCCC1. The minimum atomic E-state index is 0.112. The Labute approximate surface area is 114 Å². The Kier molecular flexibility index (Phi) is 4.35. The molecule has 1 aliphatic rings. The zero-order valence-electron chi connectivity index (χ0n) is 10.2. The van der Waals surface area contributed by atoms with Crippen molar-refractivity contribution in [1.82, 2.24) is 5.32 Å². The maximum Gasteiger partial charge on any atom is 0.0595 e. The Hall–Kier alpha value is -0.240. The molecule has 0 aromatic heterocycles. The molecule has 0 amide bonds. The van der Waals surface area contributed by atoms with Gasteiger partial charge in [0.15, 0.2) is 0 Å². The Morgan fingerprint density at radius 2 is 1.82 bits per heavy atom. The predicted octanol–water partition coefficient (Wildman–Crippen LogP) is 4.76. The highest BCUT2D eigenvalue weighted by molar-refractivity contribution is 6.42. The number of rotatable bonds is 3. The average Bonchev–Trinajstić information content (AvgIpc) is 2.34. The molecule has 17 heavy (non-hydrogen) atoms. The Bertz CT molecular complexity index is 378. The van der Waals surface area contributed by atoms with Crippen LogP contribution in [0.3, 0.4) is 0 Å². The summed E-state index contributed by atoms with van der Waals surface area (Å²) in [6, 6.07) is 6.05. The molecule has 0 saturated heterocycles. The van der Waals surface area contributed by atoms with Crippen LogP contribution in [0.2, 0.25) is 10.0 Å². The van der Waals surface area contributed by atoms with Crippen LogP contribution in [-0.4, -0.2) is 6.54 Å². The van der Waals surface area contributed by atoms with E-state index in [0.717, 1.165) is 6.54 Å². The van der Waals surface area contributed by atoms with Gasteiger partial charge in [-0.1, -0.05) is 55.5 Å². The fraction of sp³-hybridized carbons (Fsp3) is 0.571. The molecule has 0 atom stereocenters. The predicted molar refractivity (Wildman–Crippen MR) is 74.9 cm³/mol. The molecule has 0 aliphatic heterocycles. The normalized spacial score (nSPS) is 19.2. The third-order valence-corrected chi connectivity index (χ3v) is 4.43. The van der Waals surface area contributed by atoms with Gasteiger partial charge in [0.05, 0.1) is 10.0 Å². The lowest BCUT2D eigenvalue weighted by atomic mass is 9.76. The van der Waals surface area contributed by atoms with Gasteiger partial charge in [0.1, 0.15) is 0 Å². The standard InChI is InChI=1S/C14H19Cl2N/c1-2-17-14(8-4-3-5-9-14)11-6-7-12(15)13(16)10-11/h6-7,10,17H,2-5,8-9H2,1H3. The summed E-state index contributed by atoms with van der Waals surface area (Å²) < 4.78 is 0. The van der Waals surface area contributed by atoms with Gasteiger partial charge in [-0.2, -0.15) is 0 Å². The lowest BCUT2D eigenvalue weighted by molar-refractivity contribution is 0.238. The second kappa shape index (κ2) is 5.60. The maximum absolute atomic E-state index is 6.14. The zero-order chi connectivity index (χ0) is 12.3. The highest BCUT2D eigenvalue weighted by Crippen LogP contribution is 2.39. The van der Waals surface area contributed by atoms with Gasteiger partial charge in [0, 0.05) is 5.54 Å². The second-order valence-corrected chi connectivity index (χ2v) is 5.62. The van der Waals surface area contributed by atoms with Gasteiger partial charge >= 0.3 is 0 Å². The molecule has 1 saturated carbocycles. The molecule has 1 aliphatic carbocycles. The molecular formula is C14H19Cl2N. The van der Waals surface area contributed by atoms with Crippen molar-refractivity contribution in [3.05, 3.63) is 33.8 Å². The van der Waals surface area contributed by atoms with E-state index < -0.39 is 0 Å². The summed E-state index contributed by atoms with van der Waals surface area (Å²) in [4.78, 5) is 0. The van der Waals surface area contributed by atoms with E-state index in [-0.39, 0.29) is 5.54 Å². The second-order valence-electron chi connectivity index (χ2n) is 4.80. The van der Waals surface area contributed by atoms with Crippen molar-refractivity contribution in [2.24, 2.45) is 0 Å². The lowest BCUT2D eigenvalue weighted by Crippen LogP contribution is -2.43. The lowest BCUT2D eigenvalue weighted by Gasteiger charge is -2.39. The van der Waals surface area contributed by atoms with E-state index in [2.05, 4.69) is 18.3 Å². The maximum atomic E-state index is 6.14. The van der Waals surface area contributed by atoms with E-state index in [1.54, 1.807) is 0 Å². The first-order valence-electron chi connectivity index (χ1n) is 6.38. The van der Waals surface area contributed by atoms with E-state index in [4.69, 9.17) is 23.2 Å². The van der Waals surface area contributed by atoms with Crippen LogP contribution in [0.5, 0.6) is 0 Å². The molecule has 1 aromatic rings. The Balaban J connectivity index is 2.34. The zero-order valence-corrected chi connectivity index (χ0v) is 11.7. The van der Waals surface area contributed by atoms with Crippen molar-refractivity contribution in [3.63, 3.8) is 0 Å². The Morgan fingerprint density at radius 3 is 2.41 bits per heavy atom. The summed E-state index contributed by atoms with van der Waals surface area (Å²) in [6.07, 6.45) is 6.30.